The van der Waals surface area contributed by atoms with Gasteiger partial charge < -0.3 is 10.6 Å². The lowest BCUT2D eigenvalue weighted by Gasteiger charge is -2.18. The van der Waals surface area contributed by atoms with Crippen molar-refractivity contribution in [3.8, 4) is 0 Å². The maximum atomic E-state index is 5.40. The summed E-state index contributed by atoms with van der Waals surface area (Å²) < 4.78 is 0. The van der Waals surface area contributed by atoms with Crippen molar-refractivity contribution in [1.29, 1.82) is 0 Å². The van der Waals surface area contributed by atoms with Crippen molar-refractivity contribution < 1.29 is 1.43 Å². The Morgan fingerprint density at radius 1 is 1.30 bits per heavy atom. The van der Waals surface area contributed by atoms with Gasteiger partial charge in [0, 0.05) is 1.43 Å². The molecule has 2 heteroatoms. The zero-order valence-electron chi connectivity index (χ0n) is 7.27. The highest BCUT2D eigenvalue weighted by atomic mass is 15.1. The van der Waals surface area contributed by atoms with E-state index < -0.39 is 0 Å². The molecule has 0 saturated carbocycles. The summed E-state index contributed by atoms with van der Waals surface area (Å²) >= 11 is 0. The predicted molar refractivity (Wildman–Crippen MR) is 48.2 cm³/mol. The summed E-state index contributed by atoms with van der Waals surface area (Å²) in [5.74, 6) is 0. The highest BCUT2D eigenvalue weighted by Gasteiger charge is 1.97. The SMILES string of the molecule is CCCN(CC)CCCN.[HH]. The molecule has 0 unspecified atom stereocenters. The molecule has 10 heavy (non-hydrogen) atoms. The molecule has 0 amide bonds. The summed E-state index contributed by atoms with van der Waals surface area (Å²) in [4.78, 5) is 2.44. The van der Waals surface area contributed by atoms with E-state index in [1.165, 1.54) is 19.5 Å². The van der Waals surface area contributed by atoms with E-state index in [2.05, 4.69) is 18.7 Å². The van der Waals surface area contributed by atoms with Crippen molar-refractivity contribution in [1.82, 2.24) is 4.90 Å². The molecule has 0 rings (SSSR count). The van der Waals surface area contributed by atoms with Gasteiger partial charge in [0.25, 0.3) is 0 Å². The molecule has 0 spiro atoms. The molecule has 0 aromatic heterocycles. The monoisotopic (exact) mass is 146 g/mol. The smallest absolute Gasteiger partial charge is 0 e. The first-order valence-electron chi connectivity index (χ1n) is 4.27. The summed E-state index contributed by atoms with van der Waals surface area (Å²) in [6.07, 6.45) is 2.38. The van der Waals surface area contributed by atoms with Crippen LogP contribution in [0.4, 0.5) is 0 Å². The summed E-state index contributed by atoms with van der Waals surface area (Å²) in [5, 5.41) is 0. The molecule has 0 fully saturated rings. The lowest BCUT2D eigenvalue weighted by molar-refractivity contribution is 0.287. The van der Waals surface area contributed by atoms with Crippen LogP contribution < -0.4 is 5.73 Å². The molecule has 0 bridgehead atoms. The fraction of sp³-hybridized carbons (Fsp3) is 1.00. The number of nitrogens with zero attached hydrogens (tertiary/aromatic N) is 1. The van der Waals surface area contributed by atoms with Gasteiger partial charge in [-0.25, -0.2) is 0 Å². The van der Waals surface area contributed by atoms with Crippen molar-refractivity contribution in [2.24, 2.45) is 5.73 Å². The third kappa shape index (κ3) is 4.77. The standard InChI is InChI=1S/C8H20N2.H2/c1-3-7-10(4-2)8-5-6-9;/h3-9H2,1-2H3;1H. The largest absolute Gasteiger partial charge is 0.330 e. The Bertz CT molecular complexity index is 69.1. The second-order valence-electron chi connectivity index (χ2n) is 2.58. The summed E-state index contributed by atoms with van der Waals surface area (Å²) in [6, 6.07) is 0. The van der Waals surface area contributed by atoms with Gasteiger partial charge in [0.1, 0.15) is 0 Å². The van der Waals surface area contributed by atoms with Crippen LogP contribution >= 0.6 is 0 Å². The highest BCUT2D eigenvalue weighted by molar-refractivity contribution is 4.53. The summed E-state index contributed by atoms with van der Waals surface area (Å²) in [5.41, 5.74) is 5.40. The van der Waals surface area contributed by atoms with Gasteiger partial charge in [-0.3, -0.25) is 0 Å². The van der Waals surface area contributed by atoms with E-state index in [1.807, 2.05) is 0 Å². The average Bonchev–Trinajstić information content (AvgIpc) is 1.98. The predicted octanol–water partition coefficient (Wildman–Crippen LogP) is 1.31. The van der Waals surface area contributed by atoms with Crippen LogP contribution in [-0.2, 0) is 0 Å². The minimum atomic E-state index is 0. The molecular formula is C8H22N2. The summed E-state index contributed by atoms with van der Waals surface area (Å²) in [7, 11) is 0. The van der Waals surface area contributed by atoms with E-state index in [1.54, 1.807) is 0 Å². The van der Waals surface area contributed by atoms with Gasteiger partial charge in [-0.15, -0.1) is 0 Å². The summed E-state index contributed by atoms with van der Waals surface area (Å²) in [6.45, 7) is 8.78. The van der Waals surface area contributed by atoms with Gasteiger partial charge >= 0.3 is 0 Å². The Kier molecular flexibility index (Phi) is 6.98. The molecule has 0 radical (unpaired) electrons. The molecule has 64 valence electrons. The van der Waals surface area contributed by atoms with Crippen molar-refractivity contribution in [2.45, 2.75) is 26.7 Å². The quantitative estimate of drug-likeness (QED) is 0.612. The normalized spacial score (nSPS) is 10.8. The van der Waals surface area contributed by atoms with Crippen LogP contribution in [0.2, 0.25) is 0 Å². The lowest BCUT2D eigenvalue weighted by Crippen LogP contribution is -2.26. The van der Waals surface area contributed by atoms with Crippen LogP contribution in [-0.4, -0.2) is 31.1 Å². The van der Waals surface area contributed by atoms with Gasteiger partial charge in [0.05, 0.1) is 0 Å². The minimum Gasteiger partial charge on any atom is -0.330 e. The van der Waals surface area contributed by atoms with E-state index in [0.717, 1.165) is 19.5 Å². The van der Waals surface area contributed by atoms with Crippen LogP contribution in [0, 0.1) is 0 Å². The third-order valence-electron chi connectivity index (χ3n) is 1.67. The van der Waals surface area contributed by atoms with Crippen LogP contribution in [0.5, 0.6) is 0 Å². The van der Waals surface area contributed by atoms with Gasteiger partial charge in [0.15, 0.2) is 0 Å². The Morgan fingerprint density at radius 3 is 2.40 bits per heavy atom. The highest BCUT2D eigenvalue weighted by Crippen LogP contribution is 1.91. The zero-order valence-corrected chi connectivity index (χ0v) is 7.27. The first-order valence-corrected chi connectivity index (χ1v) is 4.27. The van der Waals surface area contributed by atoms with Crippen LogP contribution in [0.25, 0.3) is 0 Å². The number of hydrogen-bond acceptors (Lipinski definition) is 2. The third-order valence-corrected chi connectivity index (χ3v) is 1.67. The molecule has 0 heterocycles. The number of rotatable bonds is 6. The molecule has 0 aromatic rings. The van der Waals surface area contributed by atoms with Crippen LogP contribution in [0.1, 0.15) is 28.1 Å². The lowest BCUT2D eigenvalue weighted by atomic mass is 10.3. The van der Waals surface area contributed by atoms with E-state index >= 15 is 0 Å². The molecule has 0 aromatic carbocycles. The maximum absolute atomic E-state index is 5.40. The minimum absolute atomic E-state index is 0. The Morgan fingerprint density at radius 2 is 2.00 bits per heavy atom. The van der Waals surface area contributed by atoms with E-state index in [4.69, 9.17) is 5.73 Å². The molecule has 0 aliphatic carbocycles. The Balaban J connectivity index is 0. The van der Waals surface area contributed by atoms with Gasteiger partial charge in [0.2, 0.25) is 0 Å². The van der Waals surface area contributed by atoms with Gasteiger partial charge in [-0.2, -0.15) is 0 Å². The molecule has 0 atom stereocenters. The topological polar surface area (TPSA) is 29.3 Å². The number of hydrogen-bond donors (Lipinski definition) is 1. The molecular weight excluding hydrogens is 124 g/mol. The Labute approximate surface area is 65.9 Å². The molecule has 0 saturated heterocycles. The zero-order chi connectivity index (χ0) is 7.82. The first kappa shape index (κ1) is 9.92. The van der Waals surface area contributed by atoms with Crippen molar-refractivity contribution in [3.05, 3.63) is 0 Å². The molecule has 0 aliphatic rings. The maximum Gasteiger partial charge on any atom is 0 e. The molecule has 2 nitrogen and oxygen atoms in total. The van der Waals surface area contributed by atoms with E-state index in [0.29, 0.717) is 0 Å². The average molecular weight is 146 g/mol. The van der Waals surface area contributed by atoms with E-state index in [-0.39, 0.29) is 1.43 Å². The van der Waals surface area contributed by atoms with Crippen molar-refractivity contribution >= 4 is 0 Å². The molecule has 0 aliphatic heterocycles. The van der Waals surface area contributed by atoms with Crippen molar-refractivity contribution in [3.63, 3.8) is 0 Å². The first-order chi connectivity index (χ1) is 4.85. The Hall–Kier alpha value is -0.0800. The fourth-order valence-electron chi connectivity index (χ4n) is 1.06. The van der Waals surface area contributed by atoms with Crippen LogP contribution in [0.15, 0.2) is 0 Å². The van der Waals surface area contributed by atoms with Crippen molar-refractivity contribution in [2.75, 3.05) is 26.2 Å². The second-order valence-corrected chi connectivity index (χ2v) is 2.58. The fourth-order valence-corrected chi connectivity index (χ4v) is 1.06. The second kappa shape index (κ2) is 7.03. The van der Waals surface area contributed by atoms with Gasteiger partial charge in [-0.1, -0.05) is 13.8 Å². The molecule has 2 N–H and O–H groups in total. The van der Waals surface area contributed by atoms with Crippen LogP contribution in [0.3, 0.4) is 0 Å². The number of nitrogens with two attached hydrogens (primary N) is 1. The van der Waals surface area contributed by atoms with Gasteiger partial charge in [-0.05, 0) is 39.0 Å². The van der Waals surface area contributed by atoms with E-state index in [9.17, 15) is 0 Å².